The standard InChI is InChI=1S/C21H22BrF3N4O3/c1-26-20(32)17(11-27-10-13-5-7-16(22)8-6-13)29-18(30)12-28-19(31)14-3-2-4-15(9-14)21(23,24)25/h2-9,17,27H,10-12H2,1H3,(H,26,32)(H,28,31)(H,29,30)/t17-/m0/s1. The number of hydrogen-bond donors (Lipinski definition) is 4. The van der Waals surface area contributed by atoms with Gasteiger partial charge in [-0.05, 0) is 35.9 Å². The molecule has 0 bridgehead atoms. The molecule has 0 aliphatic heterocycles. The van der Waals surface area contributed by atoms with E-state index in [2.05, 4.69) is 37.2 Å². The zero-order chi connectivity index (χ0) is 23.7. The Bertz CT molecular complexity index is 952. The second-order valence-electron chi connectivity index (χ2n) is 6.75. The smallest absolute Gasteiger partial charge is 0.357 e. The third kappa shape index (κ3) is 7.97. The highest BCUT2D eigenvalue weighted by Gasteiger charge is 2.31. The van der Waals surface area contributed by atoms with Crippen LogP contribution in [0.1, 0.15) is 21.5 Å². The van der Waals surface area contributed by atoms with E-state index in [0.717, 1.165) is 22.2 Å². The summed E-state index contributed by atoms with van der Waals surface area (Å²) in [7, 11) is 1.42. The number of halogens is 4. The number of likely N-dealkylation sites (N-methyl/N-ethyl adjacent to an activating group) is 1. The minimum Gasteiger partial charge on any atom is -0.357 e. The maximum Gasteiger partial charge on any atom is 0.416 e. The van der Waals surface area contributed by atoms with Crippen LogP contribution in [0.2, 0.25) is 0 Å². The van der Waals surface area contributed by atoms with Crippen molar-refractivity contribution in [2.75, 3.05) is 20.1 Å². The third-order valence-electron chi connectivity index (χ3n) is 4.35. The zero-order valence-corrected chi connectivity index (χ0v) is 18.6. The number of benzene rings is 2. The van der Waals surface area contributed by atoms with E-state index in [1.807, 2.05) is 24.3 Å². The number of carbonyl (C=O) groups is 3. The highest BCUT2D eigenvalue weighted by molar-refractivity contribution is 9.10. The van der Waals surface area contributed by atoms with Gasteiger partial charge in [0.25, 0.3) is 5.91 Å². The Morgan fingerprint density at radius 2 is 1.75 bits per heavy atom. The second kappa shape index (κ2) is 11.6. The van der Waals surface area contributed by atoms with Crippen LogP contribution in [0.3, 0.4) is 0 Å². The van der Waals surface area contributed by atoms with Gasteiger partial charge < -0.3 is 21.3 Å². The van der Waals surface area contributed by atoms with Gasteiger partial charge in [0.2, 0.25) is 11.8 Å². The van der Waals surface area contributed by atoms with Crippen LogP contribution >= 0.6 is 15.9 Å². The molecule has 2 aromatic rings. The molecule has 0 saturated carbocycles. The van der Waals surface area contributed by atoms with Gasteiger partial charge in [0.1, 0.15) is 6.04 Å². The fraction of sp³-hybridized carbons (Fsp3) is 0.286. The normalized spacial score (nSPS) is 12.0. The zero-order valence-electron chi connectivity index (χ0n) is 17.1. The number of nitrogens with one attached hydrogen (secondary N) is 4. The minimum absolute atomic E-state index is 0.128. The Hall–Kier alpha value is -2.92. The van der Waals surface area contributed by atoms with E-state index in [4.69, 9.17) is 0 Å². The first-order valence-corrected chi connectivity index (χ1v) is 10.3. The Labute approximate surface area is 191 Å². The predicted molar refractivity (Wildman–Crippen MR) is 116 cm³/mol. The van der Waals surface area contributed by atoms with Gasteiger partial charge in [-0.3, -0.25) is 14.4 Å². The largest absolute Gasteiger partial charge is 0.416 e. The van der Waals surface area contributed by atoms with Crippen LogP contribution in [0.25, 0.3) is 0 Å². The summed E-state index contributed by atoms with van der Waals surface area (Å²) in [5, 5.41) is 10.3. The molecule has 2 rings (SSSR count). The van der Waals surface area contributed by atoms with Crippen LogP contribution < -0.4 is 21.3 Å². The van der Waals surface area contributed by atoms with Crippen LogP contribution in [0.4, 0.5) is 13.2 Å². The van der Waals surface area contributed by atoms with Crippen molar-refractivity contribution in [3.05, 3.63) is 69.7 Å². The van der Waals surface area contributed by atoms with Gasteiger partial charge >= 0.3 is 6.18 Å². The van der Waals surface area contributed by atoms with Gasteiger partial charge in [0.15, 0.2) is 0 Å². The predicted octanol–water partition coefficient (Wildman–Crippen LogP) is 2.22. The molecule has 0 saturated heterocycles. The molecule has 0 heterocycles. The highest BCUT2D eigenvalue weighted by atomic mass is 79.9. The lowest BCUT2D eigenvalue weighted by molar-refractivity contribution is -0.137. The van der Waals surface area contributed by atoms with E-state index in [-0.39, 0.29) is 12.1 Å². The van der Waals surface area contributed by atoms with Crippen molar-refractivity contribution < 1.29 is 27.6 Å². The summed E-state index contributed by atoms with van der Waals surface area (Å²) in [5.74, 6) is -1.94. The summed E-state index contributed by atoms with van der Waals surface area (Å²) in [6.07, 6.45) is -4.59. The molecule has 0 radical (unpaired) electrons. The summed E-state index contributed by atoms with van der Waals surface area (Å²) < 4.78 is 39.3. The van der Waals surface area contributed by atoms with Gasteiger partial charge in [0.05, 0.1) is 12.1 Å². The van der Waals surface area contributed by atoms with E-state index in [1.165, 1.54) is 13.1 Å². The monoisotopic (exact) mass is 514 g/mol. The first-order valence-electron chi connectivity index (χ1n) is 9.51. The van der Waals surface area contributed by atoms with E-state index in [9.17, 15) is 27.6 Å². The molecule has 0 aliphatic rings. The summed E-state index contributed by atoms with van der Waals surface area (Å²) in [6.45, 7) is 0.0846. The number of alkyl halides is 3. The first-order chi connectivity index (χ1) is 15.1. The maximum absolute atomic E-state index is 12.8. The molecule has 1 atom stereocenters. The Kier molecular flexibility index (Phi) is 9.21. The average molecular weight is 515 g/mol. The molecule has 172 valence electrons. The summed E-state index contributed by atoms with van der Waals surface area (Å²) in [6, 6.07) is 10.5. The lowest BCUT2D eigenvalue weighted by atomic mass is 10.1. The molecular formula is C21H22BrF3N4O3. The summed E-state index contributed by atoms with van der Waals surface area (Å²) in [4.78, 5) is 36.4. The Morgan fingerprint density at radius 3 is 2.38 bits per heavy atom. The van der Waals surface area contributed by atoms with Crippen LogP contribution in [-0.4, -0.2) is 43.9 Å². The lowest BCUT2D eigenvalue weighted by Crippen LogP contribution is -2.53. The van der Waals surface area contributed by atoms with Gasteiger partial charge in [-0.2, -0.15) is 13.2 Å². The van der Waals surface area contributed by atoms with E-state index in [0.29, 0.717) is 12.6 Å². The second-order valence-corrected chi connectivity index (χ2v) is 7.67. The van der Waals surface area contributed by atoms with Crippen molar-refractivity contribution in [2.45, 2.75) is 18.8 Å². The molecule has 32 heavy (non-hydrogen) atoms. The van der Waals surface area contributed by atoms with E-state index < -0.39 is 42.0 Å². The van der Waals surface area contributed by atoms with E-state index in [1.54, 1.807) is 0 Å². The van der Waals surface area contributed by atoms with Crippen LogP contribution in [0, 0.1) is 0 Å². The van der Waals surface area contributed by atoms with Gasteiger partial charge in [0, 0.05) is 30.2 Å². The molecule has 0 aliphatic carbocycles. The molecule has 0 fully saturated rings. The van der Waals surface area contributed by atoms with Crippen molar-refractivity contribution in [3.8, 4) is 0 Å². The summed E-state index contributed by atoms with van der Waals surface area (Å²) in [5.41, 5.74) is -0.221. The number of hydrogen-bond acceptors (Lipinski definition) is 4. The fourth-order valence-corrected chi connectivity index (χ4v) is 2.96. The maximum atomic E-state index is 12.8. The Morgan fingerprint density at radius 1 is 1.06 bits per heavy atom. The minimum atomic E-state index is -4.59. The molecule has 2 aromatic carbocycles. The van der Waals surface area contributed by atoms with E-state index >= 15 is 0 Å². The molecule has 3 amide bonds. The SMILES string of the molecule is CNC(=O)[C@H](CNCc1ccc(Br)cc1)NC(=O)CNC(=O)c1cccc(C(F)(F)F)c1. The first kappa shape index (κ1) is 25.3. The van der Waals surface area contributed by atoms with Crippen molar-refractivity contribution in [1.29, 1.82) is 0 Å². The lowest BCUT2D eigenvalue weighted by Gasteiger charge is -2.18. The van der Waals surface area contributed by atoms with Crippen molar-refractivity contribution in [2.24, 2.45) is 0 Å². The Balaban J connectivity index is 1.87. The third-order valence-corrected chi connectivity index (χ3v) is 4.88. The van der Waals surface area contributed by atoms with Gasteiger partial charge in [-0.25, -0.2) is 0 Å². The molecule has 0 spiro atoms. The summed E-state index contributed by atoms with van der Waals surface area (Å²) >= 11 is 3.34. The van der Waals surface area contributed by atoms with Crippen LogP contribution in [0.15, 0.2) is 53.0 Å². The number of carbonyl (C=O) groups excluding carboxylic acids is 3. The van der Waals surface area contributed by atoms with Crippen molar-refractivity contribution in [1.82, 2.24) is 21.3 Å². The van der Waals surface area contributed by atoms with Crippen LogP contribution in [0.5, 0.6) is 0 Å². The number of amides is 3. The van der Waals surface area contributed by atoms with Crippen molar-refractivity contribution in [3.63, 3.8) is 0 Å². The number of rotatable bonds is 9. The molecule has 0 aromatic heterocycles. The quantitative estimate of drug-likeness (QED) is 0.412. The highest BCUT2D eigenvalue weighted by Crippen LogP contribution is 2.29. The molecule has 0 unspecified atom stereocenters. The van der Waals surface area contributed by atoms with Crippen LogP contribution in [-0.2, 0) is 22.3 Å². The topological polar surface area (TPSA) is 99.3 Å². The molecule has 11 heteroatoms. The van der Waals surface area contributed by atoms with Gasteiger partial charge in [-0.15, -0.1) is 0 Å². The molecule has 4 N–H and O–H groups in total. The average Bonchev–Trinajstić information content (AvgIpc) is 2.77. The van der Waals surface area contributed by atoms with Crippen molar-refractivity contribution >= 4 is 33.7 Å². The van der Waals surface area contributed by atoms with Gasteiger partial charge in [-0.1, -0.05) is 34.1 Å². The molecular weight excluding hydrogens is 493 g/mol. The fourth-order valence-electron chi connectivity index (χ4n) is 2.69. The molecule has 7 nitrogen and oxygen atoms in total.